The molecule has 0 atom stereocenters. The van der Waals surface area contributed by atoms with Gasteiger partial charge in [0.1, 0.15) is 0 Å². The molecule has 0 aliphatic heterocycles. The second kappa shape index (κ2) is 6.69. The summed E-state index contributed by atoms with van der Waals surface area (Å²) < 4.78 is 0. The number of hydrogen-bond donors (Lipinski definition) is 0. The minimum atomic E-state index is 0. The first-order valence-electron chi connectivity index (χ1n) is 3.79. The van der Waals surface area contributed by atoms with Crippen molar-refractivity contribution >= 4 is 12.4 Å². The van der Waals surface area contributed by atoms with Gasteiger partial charge in [0.25, 0.3) is 0 Å². The molecule has 2 rings (SSSR count). The van der Waals surface area contributed by atoms with Gasteiger partial charge in [-0.05, 0) is 24.3 Å². The van der Waals surface area contributed by atoms with E-state index in [-0.39, 0.29) is 33.5 Å². The Hall–Kier alpha value is -0.722. The van der Waals surface area contributed by atoms with E-state index in [0.29, 0.717) is 0 Å². The van der Waals surface area contributed by atoms with Crippen LogP contribution in [0.25, 0.3) is 11.4 Å². The van der Waals surface area contributed by atoms with Gasteiger partial charge in [0, 0.05) is 33.5 Å². The molecule has 0 spiro atoms. The number of halogens is 1. The summed E-state index contributed by atoms with van der Waals surface area (Å²) in [6.07, 6.45) is 3.54. The Labute approximate surface area is 103 Å². The molecule has 0 N–H and O–H groups in total. The zero-order chi connectivity index (χ0) is 8.23. The summed E-state index contributed by atoms with van der Waals surface area (Å²) >= 11 is 0. The standard InChI is InChI=1S/C10H8N2.ClH.Pt/c1-3-7-11-9(5-1)10-6-2-4-8-12-10;;/h1-8H;1H;. The van der Waals surface area contributed by atoms with Crippen molar-refractivity contribution in [3.8, 4) is 11.4 Å². The predicted octanol–water partition coefficient (Wildman–Crippen LogP) is 2.56. The Morgan fingerprint density at radius 3 is 1.43 bits per heavy atom. The molecule has 2 aromatic heterocycles. The molecule has 0 radical (unpaired) electrons. The summed E-state index contributed by atoms with van der Waals surface area (Å²) in [5.74, 6) is 0. The van der Waals surface area contributed by atoms with Crippen LogP contribution in [-0.2, 0) is 21.1 Å². The van der Waals surface area contributed by atoms with E-state index in [1.807, 2.05) is 36.4 Å². The van der Waals surface area contributed by atoms with Crippen LogP contribution in [0.1, 0.15) is 0 Å². The van der Waals surface area contributed by atoms with Crippen molar-refractivity contribution in [2.75, 3.05) is 0 Å². The molecule has 0 saturated carbocycles. The van der Waals surface area contributed by atoms with Gasteiger partial charge in [-0.1, -0.05) is 12.1 Å². The molecule has 0 aliphatic carbocycles. The topological polar surface area (TPSA) is 25.8 Å². The Balaban J connectivity index is 0.000000845. The molecule has 0 unspecified atom stereocenters. The Kier molecular flexibility index (Phi) is 6.35. The van der Waals surface area contributed by atoms with Crippen LogP contribution in [0, 0.1) is 0 Å². The molecule has 2 aromatic rings. The van der Waals surface area contributed by atoms with Crippen molar-refractivity contribution in [2.45, 2.75) is 0 Å². The molecule has 76 valence electrons. The van der Waals surface area contributed by atoms with E-state index in [2.05, 4.69) is 9.97 Å². The Morgan fingerprint density at radius 2 is 1.14 bits per heavy atom. The molecule has 2 nitrogen and oxygen atoms in total. The molecule has 0 fully saturated rings. The molecule has 0 saturated heterocycles. The first kappa shape index (κ1) is 13.3. The molecule has 0 bridgehead atoms. The number of pyridine rings is 2. The largest absolute Gasteiger partial charge is 0.255 e. The summed E-state index contributed by atoms with van der Waals surface area (Å²) in [5.41, 5.74) is 1.83. The zero-order valence-corrected chi connectivity index (χ0v) is 10.3. The third kappa shape index (κ3) is 3.21. The second-order valence-electron chi connectivity index (χ2n) is 2.43. The fourth-order valence-electron chi connectivity index (χ4n) is 1.03. The molecule has 4 heteroatoms. The predicted molar refractivity (Wildman–Crippen MR) is 54.7 cm³/mol. The first-order chi connectivity index (χ1) is 5.97. The molecule has 0 aromatic carbocycles. The van der Waals surface area contributed by atoms with Gasteiger partial charge in [-0.25, -0.2) is 0 Å². The quantitative estimate of drug-likeness (QED) is 0.751. The van der Waals surface area contributed by atoms with Gasteiger partial charge in [-0.15, -0.1) is 12.4 Å². The van der Waals surface area contributed by atoms with Crippen molar-refractivity contribution in [1.29, 1.82) is 0 Å². The maximum absolute atomic E-state index is 4.19. The van der Waals surface area contributed by atoms with Crippen LogP contribution in [0.5, 0.6) is 0 Å². The average molecular weight is 388 g/mol. The third-order valence-corrected chi connectivity index (χ3v) is 1.59. The van der Waals surface area contributed by atoms with Gasteiger partial charge in [0.15, 0.2) is 0 Å². The first-order valence-corrected chi connectivity index (χ1v) is 3.79. The van der Waals surface area contributed by atoms with Crippen LogP contribution in [0.3, 0.4) is 0 Å². The number of nitrogens with zero attached hydrogens (tertiary/aromatic N) is 2. The van der Waals surface area contributed by atoms with Gasteiger partial charge < -0.3 is 0 Å². The third-order valence-electron chi connectivity index (χ3n) is 1.59. The van der Waals surface area contributed by atoms with Crippen molar-refractivity contribution in [2.24, 2.45) is 0 Å². The van der Waals surface area contributed by atoms with Gasteiger partial charge in [-0.3, -0.25) is 9.97 Å². The van der Waals surface area contributed by atoms with Gasteiger partial charge >= 0.3 is 0 Å². The van der Waals surface area contributed by atoms with Crippen LogP contribution >= 0.6 is 12.4 Å². The van der Waals surface area contributed by atoms with Crippen LogP contribution in [0.2, 0.25) is 0 Å². The molecule has 0 amide bonds. The van der Waals surface area contributed by atoms with E-state index >= 15 is 0 Å². The normalized spacial score (nSPS) is 8.29. The molecule has 14 heavy (non-hydrogen) atoms. The minimum absolute atomic E-state index is 0. The molecule has 2 heterocycles. The van der Waals surface area contributed by atoms with E-state index in [4.69, 9.17) is 0 Å². The van der Waals surface area contributed by atoms with Crippen LogP contribution in [0.15, 0.2) is 48.8 Å². The van der Waals surface area contributed by atoms with E-state index in [1.54, 1.807) is 12.4 Å². The van der Waals surface area contributed by atoms with Crippen molar-refractivity contribution in [1.82, 2.24) is 9.97 Å². The number of aromatic nitrogens is 2. The van der Waals surface area contributed by atoms with Crippen molar-refractivity contribution < 1.29 is 21.1 Å². The Morgan fingerprint density at radius 1 is 0.714 bits per heavy atom. The van der Waals surface area contributed by atoms with E-state index in [9.17, 15) is 0 Å². The zero-order valence-electron chi connectivity index (χ0n) is 7.24. The maximum Gasteiger partial charge on any atom is 0.0886 e. The Bertz CT molecular complexity index is 316. The summed E-state index contributed by atoms with van der Waals surface area (Å²) in [7, 11) is 0. The van der Waals surface area contributed by atoms with Crippen LogP contribution in [0.4, 0.5) is 0 Å². The minimum Gasteiger partial charge on any atom is -0.255 e. The van der Waals surface area contributed by atoms with Crippen molar-refractivity contribution in [3.63, 3.8) is 0 Å². The fraction of sp³-hybridized carbons (Fsp3) is 0. The summed E-state index contributed by atoms with van der Waals surface area (Å²) in [6.45, 7) is 0. The molecule has 0 aliphatic rings. The smallest absolute Gasteiger partial charge is 0.0886 e. The van der Waals surface area contributed by atoms with E-state index < -0.39 is 0 Å². The van der Waals surface area contributed by atoms with Gasteiger partial charge in [0.05, 0.1) is 11.4 Å². The van der Waals surface area contributed by atoms with E-state index in [1.165, 1.54) is 0 Å². The molecular formula is C10H9ClN2Pt. The SMILES string of the molecule is Cl.[Pt].c1ccc(-c2ccccn2)nc1. The van der Waals surface area contributed by atoms with Gasteiger partial charge in [-0.2, -0.15) is 0 Å². The second-order valence-corrected chi connectivity index (χ2v) is 2.43. The number of hydrogen-bond acceptors (Lipinski definition) is 2. The van der Waals surface area contributed by atoms with Gasteiger partial charge in [0.2, 0.25) is 0 Å². The average Bonchev–Trinajstić information content (AvgIpc) is 2.21. The summed E-state index contributed by atoms with van der Waals surface area (Å²) in [4.78, 5) is 8.37. The maximum atomic E-state index is 4.19. The fourth-order valence-corrected chi connectivity index (χ4v) is 1.03. The van der Waals surface area contributed by atoms with Crippen LogP contribution < -0.4 is 0 Å². The summed E-state index contributed by atoms with van der Waals surface area (Å²) in [6, 6.07) is 11.6. The van der Waals surface area contributed by atoms with E-state index in [0.717, 1.165) is 11.4 Å². The molecular weight excluding hydrogens is 379 g/mol. The summed E-state index contributed by atoms with van der Waals surface area (Å²) in [5, 5.41) is 0. The monoisotopic (exact) mass is 387 g/mol. The van der Waals surface area contributed by atoms with Crippen molar-refractivity contribution in [3.05, 3.63) is 48.8 Å². The number of rotatable bonds is 1. The van der Waals surface area contributed by atoms with Crippen LogP contribution in [-0.4, -0.2) is 9.97 Å².